The van der Waals surface area contributed by atoms with E-state index >= 15 is 0 Å². The molecule has 0 fully saturated rings. The van der Waals surface area contributed by atoms with Gasteiger partial charge in [0, 0.05) is 21.4 Å². The normalized spacial score (nSPS) is 10.5. The summed E-state index contributed by atoms with van der Waals surface area (Å²) in [6.07, 6.45) is 0. The number of aromatic carboxylic acids is 1. The molecule has 3 nitrogen and oxygen atoms in total. The summed E-state index contributed by atoms with van der Waals surface area (Å²) >= 11 is 7.18. The maximum Gasteiger partial charge on any atom is 0.335 e. The molecule has 0 aliphatic rings. The molecular weight excluding hydrogens is 301 g/mol. The molecule has 0 saturated carbocycles. The summed E-state index contributed by atoms with van der Waals surface area (Å²) in [6, 6.07) is 8.76. The molecule has 0 unspecified atom stereocenters. The molecule has 3 N–H and O–H groups in total. The molecule has 0 saturated heterocycles. The fraction of sp³-hybridized carbons (Fsp3) is 0.0714. The number of carboxylic acid groups (broad SMARTS) is 1. The van der Waals surface area contributed by atoms with Crippen LogP contribution in [0.2, 0.25) is 5.02 Å². The average molecular weight is 312 g/mol. The lowest BCUT2D eigenvalue weighted by molar-refractivity contribution is 0.0696. The van der Waals surface area contributed by atoms with Gasteiger partial charge < -0.3 is 10.8 Å². The molecular formula is C14H11ClFNO2S. The third kappa shape index (κ3) is 3.43. The Morgan fingerprint density at radius 3 is 2.75 bits per heavy atom. The molecule has 2 rings (SSSR count). The first-order chi connectivity index (χ1) is 9.47. The predicted molar refractivity (Wildman–Crippen MR) is 78.8 cm³/mol. The van der Waals surface area contributed by atoms with E-state index in [0.29, 0.717) is 16.3 Å². The third-order valence-electron chi connectivity index (χ3n) is 2.65. The number of nitrogens with two attached hydrogens (primary N) is 1. The van der Waals surface area contributed by atoms with E-state index < -0.39 is 11.8 Å². The number of halogens is 2. The van der Waals surface area contributed by atoms with Crippen LogP contribution in [-0.4, -0.2) is 11.1 Å². The minimum absolute atomic E-state index is 0.0565. The Balaban J connectivity index is 2.20. The highest BCUT2D eigenvalue weighted by Gasteiger charge is 2.10. The van der Waals surface area contributed by atoms with E-state index in [1.165, 1.54) is 23.9 Å². The van der Waals surface area contributed by atoms with Crippen LogP contribution in [0.15, 0.2) is 41.3 Å². The SMILES string of the molecule is Nc1ccc(Cl)cc1SCc1cc(C(=O)O)ccc1F. The van der Waals surface area contributed by atoms with Crippen molar-refractivity contribution >= 4 is 35.0 Å². The fourth-order valence-electron chi connectivity index (χ4n) is 1.61. The summed E-state index contributed by atoms with van der Waals surface area (Å²) in [7, 11) is 0. The monoisotopic (exact) mass is 311 g/mol. The van der Waals surface area contributed by atoms with Crippen LogP contribution in [-0.2, 0) is 5.75 Å². The van der Waals surface area contributed by atoms with Crippen molar-refractivity contribution in [1.29, 1.82) is 0 Å². The molecule has 0 bridgehead atoms. The number of hydrogen-bond acceptors (Lipinski definition) is 3. The van der Waals surface area contributed by atoms with Gasteiger partial charge >= 0.3 is 5.97 Å². The molecule has 0 spiro atoms. The van der Waals surface area contributed by atoms with Crippen molar-refractivity contribution in [3.63, 3.8) is 0 Å². The number of carbonyl (C=O) groups is 1. The number of rotatable bonds is 4. The van der Waals surface area contributed by atoms with E-state index in [2.05, 4.69) is 0 Å². The molecule has 0 radical (unpaired) electrons. The van der Waals surface area contributed by atoms with E-state index in [0.717, 1.165) is 11.0 Å². The summed E-state index contributed by atoms with van der Waals surface area (Å²) in [4.78, 5) is 11.6. The topological polar surface area (TPSA) is 63.3 Å². The van der Waals surface area contributed by atoms with Crippen molar-refractivity contribution < 1.29 is 14.3 Å². The van der Waals surface area contributed by atoms with Crippen molar-refractivity contribution in [2.24, 2.45) is 0 Å². The van der Waals surface area contributed by atoms with Crippen LogP contribution in [0.4, 0.5) is 10.1 Å². The molecule has 2 aromatic carbocycles. The van der Waals surface area contributed by atoms with Crippen LogP contribution in [0, 0.1) is 5.82 Å². The molecule has 0 amide bonds. The van der Waals surface area contributed by atoms with Gasteiger partial charge in [0.1, 0.15) is 5.82 Å². The minimum atomic E-state index is -1.08. The standard InChI is InChI=1S/C14H11ClFNO2S/c15-10-2-4-12(17)13(6-10)20-7-9-5-8(14(18)19)1-3-11(9)16/h1-6H,7,17H2,(H,18,19). The number of anilines is 1. The summed E-state index contributed by atoms with van der Waals surface area (Å²) in [5.41, 5.74) is 6.72. The Bertz CT molecular complexity index is 664. The Kier molecular flexibility index (Phi) is 4.52. The van der Waals surface area contributed by atoms with Crippen molar-refractivity contribution in [3.05, 3.63) is 58.4 Å². The quantitative estimate of drug-likeness (QED) is 0.660. The molecule has 0 aliphatic carbocycles. The third-order valence-corrected chi connectivity index (χ3v) is 4.01. The van der Waals surface area contributed by atoms with Crippen molar-refractivity contribution in [1.82, 2.24) is 0 Å². The van der Waals surface area contributed by atoms with Gasteiger partial charge in [0.2, 0.25) is 0 Å². The Morgan fingerprint density at radius 2 is 2.05 bits per heavy atom. The highest BCUT2D eigenvalue weighted by molar-refractivity contribution is 7.98. The lowest BCUT2D eigenvalue weighted by atomic mass is 10.1. The van der Waals surface area contributed by atoms with E-state index in [1.807, 2.05) is 0 Å². The zero-order valence-electron chi connectivity index (χ0n) is 10.3. The highest BCUT2D eigenvalue weighted by Crippen LogP contribution is 2.31. The van der Waals surface area contributed by atoms with E-state index in [9.17, 15) is 9.18 Å². The van der Waals surface area contributed by atoms with Crippen LogP contribution in [0.1, 0.15) is 15.9 Å². The molecule has 0 heterocycles. The van der Waals surface area contributed by atoms with Crippen LogP contribution in [0.5, 0.6) is 0 Å². The van der Waals surface area contributed by atoms with E-state index in [1.54, 1.807) is 18.2 Å². The number of carboxylic acids is 1. The second-order valence-electron chi connectivity index (χ2n) is 4.08. The van der Waals surface area contributed by atoms with Gasteiger partial charge in [-0.1, -0.05) is 11.6 Å². The first-order valence-corrected chi connectivity index (χ1v) is 7.03. The van der Waals surface area contributed by atoms with E-state index in [4.69, 9.17) is 22.4 Å². The highest BCUT2D eigenvalue weighted by atomic mass is 35.5. The lowest BCUT2D eigenvalue weighted by Gasteiger charge is -2.07. The summed E-state index contributed by atoms with van der Waals surface area (Å²) < 4.78 is 13.7. The summed E-state index contributed by atoms with van der Waals surface area (Å²) in [6.45, 7) is 0. The van der Waals surface area contributed by atoms with Gasteiger partial charge in [0.15, 0.2) is 0 Å². The molecule has 0 aromatic heterocycles. The zero-order valence-corrected chi connectivity index (χ0v) is 11.8. The first kappa shape index (κ1) is 14.7. The lowest BCUT2D eigenvalue weighted by Crippen LogP contribution is -1.99. The number of benzene rings is 2. The van der Waals surface area contributed by atoms with Crippen LogP contribution >= 0.6 is 23.4 Å². The second kappa shape index (κ2) is 6.15. The molecule has 20 heavy (non-hydrogen) atoms. The maximum absolute atomic E-state index is 13.7. The van der Waals surface area contributed by atoms with Crippen molar-refractivity contribution in [2.75, 3.05) is 5.73 Å². The van der Waals surface area contributed by atoms with Gasteiger partial charge in [0.25, 0.3) is 0 Å². The molecule has 104 valence electrons. The summed E-state index contributed by atoms with van der Waals surface area (Å²) in [5, 5.41) is 9.44. The van der Waals surface area contributed by atoms with Gasteiger partial charge in [-0.3, -0.25) is 0 Å². The zero-order chi connectivity index (χ0) is 14.7. The smallest absolute Gasteiger partial charge is 0.335 e. The fourth-order valence-corrected chi connectivity index (χ4v) is 2.82. The Labute approximate surface area is 124 Å². The number of thioether (sulfide) groups is 1. The molecule has 0 atom stereocenters. The Hall–Kier alpha value is -1.72. The number of nitrogen functional groups attached to an aromatic ring is 1. The largest absolute Gasteiger partial charge is 0.478 e. The van der Waals surface area contributed by atoms with Gasteiger partial charge in [-0.05, 0) is 42.0 Å². The van der Waals surface area contributed by atoms with Gasteiger partial charge in [0.05, 0.1) is 5.56 Å². The summed E-state index contributed by atoms with van der Waals surface area (Å²) in [5.74, 6) is -1.25. The van der Waals surface area contributed by atoms with E-state index in [-0.39, 0.29) is 11.3 Å². The first-order valence-electron chi connectivity index (χ1n) is 5.67. The molecule has 0 aliphatic heterocycles. The van der Waals surface area contributed by atoms with Gasteiger partial charge in [-0.15, -0.1) is 11.8 Å². The van der Waals surface area contributed by atoms with Crippen molar-refractivity contribution in [3.8, 4) is 0 Å². The van der Waals surface area contributed by atoms with Crippen LogP contribution < -0.4 is 5.73 Å². The van der Waals surface area contributed by atoms with Gasteiger partial charge in [-0.25, -0.2) is 9.18 Å². The van der Waals surface area contributed by atoms with Crippen molar-refractivity contribution in [2.45, 2.75) is 10.6 Å². The van der Waals surface area contributed by atoms with Crippen LogP contribution in [0.25, 0.3) is 0 Å². The molecule has 2 aromatic rings. The van der Waals surface area contributed by atoms with Crippen LogP contribution in [0.3, 0.4) is 0 Å². The number of hydrogen-bond donors (Lipinski definition) is 2. The predicted octanol–water partition coefficient (Wildman–Crippen LogP) is 4.05. The average Bonchev–Trinajstić information content (AvgIpc) is 2.41. The maximum atomic E-state index is 13.7. The molecule has 6 heteroatoms. The van der Waals surface area contributed by atoms with Gasteiger partial charge in [-0.2, -0.15) is 0 Å². The Morgan fingerprint density at radius 1 is 1.30 bits per heavy atom. The second-order valence-corrected chi connectivity index (χ2v) is 5.54. The minimum Gasteiger partial charge on any atom is -0.478 e.